The van der Waals surface area contributed by atoms with Crippen LogP contribution in [-0.2, 0) is 0 Å². The van der Waals surface area contributed by atoms with Crippen molar-refractivity contribution in [3.05, 3.63) is 58.6 Å². The molecule has 3 heterocycles. The number of fused-ring (bicyclic) bond motifs is 2. The maximum Gasteiger partial charge on any atom is 0.251 e. The molecule has 2 aromatic carbocycles. The van der Waals surface area contributed by atoms with Gasteiger partial charge in [-0.25, -0.2) is 4.98 Å². The zero-order valence-electron chi connectivity index (χ0n) is 15.6. The van der Waals surface area contributed by atoms with Gasteiger partial charge in [0.15, 0.2) is 0 Å². The number of ether oxygens (including phenoxy) is 1. The first-order chi connectivity index (χ1) is 13.8. The minimum Gasteiger partial charge on any atom is -0.493 e. The molecule has 1 amide bonds. The Morgan fingerprint density at radius 3 is 3.04 bits per heavy atom. The van der Waals surface area contributed by atoms with E-state index in [1.54, 1.807) is 11.3 Å². The van der Waals surface area contributed by atoms with Crippen molar-refractivity contribution in [2.75, 3.05) is 19.7 Å². The molecular formula is C22H23N3O2S. The Bertz CT molecular complexity index is 1010. The van der Waals surface area contributed by atoms with Gasteiger partial charge in [-0.3, -0.25) is 4.79 Å². The molecule has 1 aromatic heterocycles. The molecule has 0 bridgehead atoms. The van der Waals surface area contributed by atoms with E-state index in [4.69, 9.17) is 9.72 Å². The summed E-state index contributed by atoms with van der Waals surface area (Å²) in [6.07, 6.45) is 3.16. The summed E-state index contributed by atoms with van der Waals surface area (Å²) in [6, 6.07) is 13.7. The summed E-state index contributed by atoms with van der Waals surface area (Å²) < 4.78 is 6.78. The minimum atomic E-state index is -0.0436. The number of aromatic nitrogens is 1. The maximum absolute atomic E-state index is 12.9. The van der Waals surface area contributed by atoms with Gasteiger partial charge in [0.05, 0.1) is 27.9 Å². The van der Waals surface area contributed by atoms with Crippen molar-refractivity contribution in [1.82, 2.24) is 15.6 Å². The number of para-hydroxylation sites is 1. The Morgan fingerprint density at radius 1 is 1.21 bits per heavy atom. The first-order valence-electron chi connectivity index (χ1n) is 9.92. The number of amides is 1. The van der Waals surface area contributed by atoms with E-state index in [0.717, 1.165) is 41.0 Å². The number of carbonyl (C=O) groups excluding carboxylic acids is 1. The molecule has 0 unspecified atom stereocenters. The van der Waals surface area contributed by atoms with Gasteiger partial charge in [-0.2, -0.15) is 0 Å². The Hall–Kier alpha value is -2.44. The predicted molar refractivity (Wildman–Crippen MR) is 111 cm³/mol. The van der Waals surface area contributed by atoms with Crippen LogP contribution in [0.2, 0.25) is 0 Å². The second kappa shape index (κ2) is 7.53. The van der Waals surface area contributed by atoms with Crippen LogP contribution in [0.3, 0.4) is 0 Å². The molecule has 0 aliphatic carbocycles. The van der Waals surface area contributed by atoms with Gasteiger partial charge in [0.2, 0.25) is 0 Å². The van der Waals surface area contributed by atoms with Crippen LogP contribution in [0.25, 0.3) is 10.2 Å². The number of hydrogen-bond donors (Lipinski definition) is 2. The van der Waals surface area contributed by atoms with E-state index in [2.05, 4.69) is 10.6 Å². The van der Waals surface area contributed by atoms with Gasteiger partial charge in [0.1, 0.15) is 5.75 Å². The van der Waals surface area contributed by atoms with Gasteiger partial charge in [-0.1, -0.05) is 18.2 Å². The van der Waals surface area contributed by atoms with Gasteiger partial charge in [0.25, 0.3) is 5.91 Å². The van der Waals surface area contributed by atoms with Crippen LogP contribution in [0.4, 0.5) is 0 Å². The van der Waals surface area contributed by atoms with Crippen molar-refractivity contribution in [3.63, 3.8) is 0 Å². The number of piperidine rings is 1. The molecule has 3 aromatic rings. The van der Waals surface area contributed by atoms with Crippen LogP contribution in [-0.4, -0.2) is 30.6 Å². The van der Waals surface area contributed by atoms with E-state index in [-0.39, 0.29) is 11.9 Å². The summed E-state index contributed by atoms with van der Waals surface area (Å²) in [5.74, 6) is 1.31. The summed E-state index contributed by atoms with van der Waals surface area (Å²) in [5, 5.41) is 7.81. The van der Waals surface area contributed by atoms with Gasteiger partial charge in [-0.15, -0.1) is 11.3 Å². The smallest absolute Gasteiger partial charge is 0.251 e. The predicted octanol–water partition coefficient (Wildman–Crippen LogP) is 4.02. The Labute approximate surface area is 168 Å². The number of nitrogens with one attached hydrogen (secondary N) is 2. The molecule has 5 nitrogen and oxygen atoms in total. The van der Waals surface area contributed by atoms with E-state index < -0.39 is 0 Å². The van der Waals surface area contributed by atoms with Gasteiger partial charge >= 0.3 is 0 Å². The topological polar surface area (TPSA) is 63.2 Å². The summed E-state index contributed by atoms with van der Waals surface area (Å²) in [7, 11) is 0. The average Bonchev–Trinajstić information content (AvgIpc) is 3.18. The summed E-state index contributed by atoms with van der Waals surface area (Å²) >= 11 is 1.72. The van der Waals surface area contributed by atoms with E-state index in [9.17, 15) is 4.79 Å². The lowest BCUT2D eigenvalue weighted by Gasteiger charge is -2.26. The SMILES string of the molecule is O=C(N[C@H]1CCOc2ccccc21)c1ccc2nc([C@@H]3CCCNC3)sc2c1. The van der Waals surface area contributed by atoms with E-state index >= 15 is 0 Å². The summed E-state index contributed by atoms with van der Waals surface area (Å²) in [6.45, 7) is 2.71. The van der Waals surface area contributed by atoms with Gasteiger partial charge in [-0.05, 0) is 43.7 Å². The lowest BCUT2D eigenvalue weighted by atomic mass is 10.00. The summed E-state index contributed by atoms with van der Waals surface area (Å²) in [4.78, 5) is 17.7. The number of rotatable bonds is 3. The van der Waals surface area contributed by atoms with Crippen LogP contribution in [0.5, 0.6) is 5.75 Å². The molecular weight excluding hydrogens is 370 g/mol. The van der Waals surface area contributed by atoms with Crippen molar-refractivity contribution in [2.24, 2.45) is 0 Å². The van der Waals surface area contributed by atoms with E-state index in [0.29, 0.717) is 18.1 Å². The number of hydrogen-bond acceptors (Lipinski definition) is 5. The van der Waals surface area contributed by atoms with Crippen LogP contribution in [0, 0.1) is 0 Å². The van der Waals surface area contributed by atoms with Gasteiger partial charge in [0, 0.05) is 30.0 Å². The molecule has 6 heteroatoms. The number of carbonyl (C=O) groups is 1. The summed E-state index contributed by atoms with van der Waals surface area (Å²) in [5.41, 5.74) is 2.72. The van der Waals surface area contributed by atoms with Crippen molar-refractivity contribution in [1.29, 1.82) is 0 Å². The fourth-order valence-corrected chi connectivity index (χ4v) is 5.20. The van der Waals surface area contributed by atoms with Crippen LogP contribution in [0.1, 0.15) is 52.2 Å². The molecule has 0 radical (unpaired) electrons. The molecule has 1 saturated heterocycles. The molecule has 1 fully saturated rings. The number of nitrogens with zero attached hydrogens (tertiary/aromatic N) is 1. The quantitative estimate of drug-likeness (QED) is 0.706. The second-order valence-corrected chi connectivity index (χ2v) is 8.54. The lowest BCUT2D eigenvalue weighted by molar-refractivity contribution is 0.0925. The monoisotopic (exact) mass is 393 g/mol. The fraction of sp³-hybridized carbons (Fsp3) is 0.364. The highest BCUT2D eigenvalue weighted by molar-refractivity contribution is 7.18. The molecule has 2 aliphatic heterocycles. The van der Waals surface area contributed by atoms with Crippen molar-refractivity contribution in [3.8, 4) is 5.75 Å². The lowest BCUT2D eigenvalue weighted by Crippen LogP contribution is -2.32. The average molecular weight is 394 g/mol. The third-order valence-electron chi connectivity index (χ3n) is 5.58. The largest absolute Gasteiger partial charge is 0.493 e. The zero-order chi connectivity index (χ0) is 18.9. The zero-order valence-corrected chi connectivity index (χ0v) is 16.4. The molecule has 0 spiro atoms. The highest BCUT2D eigenvalue weighted by atomic mass is 32.1. The normalized spacial score (nSPS) is 21.7. The molecule has 0 saturated carbocycles. The van der Waals surface area contributed by atoms with E-state index in [1.807, 2.05) is 42.5 Å². The number of benzene rings is 2. The Balaban J connectivity index is 1.36. The molecule has 2 N–H and O–H groups in total. The molecule has 28 heavy (non-hydrogen) atoms. The highest BCUT2D eigenvalue weighted by Crippen LogP contribution is 2.33. The van der Waals surface area contributed by atoms with Crippen molar-refractivity contribution >= 4 is 27.5 Å². The van der Waals surface area contributed by atoms with Crippen molar-refractivity contribution in [2.45, 2.75) is 31.2 Å². The Kier molecular flexibility index (Phi) is 4.74. The van der Waals surface area contributed by atoms with Crippen molar-refractivity contribution < 1.29 is 9.53 Å². The third kappa shape index (κ3) is 3.38. The van der Waals surface area contributed by atoms with Crippen LogP contribution < -0.4 is 15.4 Å². The molecule has 5 rings (SSSR count). The van der Waals surface area contributed by atoms with Crippen LogP contribution >= 0.6 is 11.3 Å². The Morgan fingerprint density at radius 2 is 2.14 bits per heavy atom. The van der Waals surface area contributed by atoms with E-state index in [1.165, 1.54) is 17.8 Å². The first-order valence-corrected chi connectivity index (χ1v) is 10.7. The fourth-order valence-electron chi connectivity index (χ4n) is 4.05. The molecule has 2 aliphatic rings. The second-order valence-electron chi connectivity index (χ2n) is 7.48. The molecule has 2 atom stereocenters. The first kappa shape index (κ1) is 17.6. The van der Waals surface area contributed by atoms with Crippen LogP contribution in [0.15, 0.2) is 42.5 Å². The molecule has 144 valence electrons. The maximum atomic E-state index is 12.9. The minimum absolute atomic E-state index is 0.0153. The number of thiazole rings is 1. The van der Waals surface area contributed by atoms with Gasteiger partial charge < -0.3 is 15.4 Å². The third-order valence-corrected chi connectivity index (χ3v) is 6.76. The standard InChI is InChI=1S/C22H23N3O2S/c26-21(24-17-9-11-27-19-6-2-1-5-16(17)19)14-7-8-18-20(12-14)28-22(25-18)15-4-3-10-23-13-15/h1-2,5-8,12,15,17,23H,3-4,9-11,13H2,(H,24,26)/t15-,17+/m1/s1. The highest BCUT2D eigenvalue weighted by Gasteiger charge is 2.24.